The molecule has 2 heteroatoms. The van der Waals surface area contributed by atoms with Crippen molar-refractivity contribution in [3.8, 4) is 0 Å². The van der Waals surface area contributed by atoms with Gasteiger partial charge in [-0.2, -0.15) is 0 Å². The molecule has 3 rings (SSSR count). The summed E-state index contributed by atoms with van der Waals surface area (Å²) in [6.45, 7) is 13.1. The third-order valence-electron chi connectivity index (χ3n) is 6.98. The molecule has 3 unspecified atom stereocenters. The Labute approximate surface area is 136 Å². The molecule has 21 heavy (non-hydrogen) atoms. The summed E-state index contributed by atoms with van der Waals surface area (Å²) in [7, 11) is 0. The minimum Gasteiger partial charge on any atom is -1.00 e. The fraction of sp³-hybridized carbons (Fsp3) is 0.684. The van der Waals surface area contributed by atoms with Crippen LogP contribution < -0.4 is 17.7 Å². The second kappa shape index (κ2) is 5.59. The van der Waals surface area contributed by atoms with Crippen LogP contribution in [0.3, 0.4) is 0 Å². The lowest BCUT2D eigenvalue weighted by molar-refractivity contribution is -0.717. The zero-order chi connectivity index (χ0) is 14.5. The Hall–Kier alpha value is -0.530. The van der Waals surface area contributed by atoms with E-state index in [1.807, 2.05) is 0 Å². The second-order valence-electron chi connectivity index (χ2n) is 8.09. The highest BCUT2D eigenvalue weighted by Gasteiger charge is 2.63. The predicted octanol–water partition coefficient (Wildman–Crippen LogP) is 0.586. The number of fused-ring (bicyclic) bond motifs is 2. The van der Waals surface area contributed by atoms with E-state index in [1.165, 1.54) is 36.0 Å². The van der Waals surface area contributed by atoms with E-state index < -0.39 is 0 Å². The van der Waals surface area contributed by atoms with Crippen molar-refractivity contribution in [3.63, 3.8) is 0 Å². The summed E-state index contributed by atoms with van der Waals surface area (Å²) in [5.41, 5.74) is 5.42. The molecule has 0 amide bonds. The Morgan fingerprint density at radius 2 is 1.90 bits per heavy atom. The molecule has 0 aliphatic heterocycles. The van der Waals surface area contributed by atoms with Crippen molar-refractivity contribution in [2.24, 2.45) is 16.7 Å². The van der Waals surface area contributed by atoms with Gasteiger partial charge in [-0.05, 0) is 43.6 Å². The second-order valence-corrected chi connectivity index (χ2v) is 8.09. The van der Waals surface area contributed by atoms with Crippen molar-refractivity contribution in [1.82, 2.24) is 0 Å². The zero-order valence-electron chi connectivity index (χ0n) is 14.2. The first kappa shape index (κ1) is 16.8. The number of aryl methyl sites for hydroxylation is 2. The summed E-state index contributed by atoms with van der Waals surface area (Å²) in [5, 5.41) is 2.64. The minimum absolute atomic E-state index is 0. The van der Waals surface area contributed by atoms with Gasteiger partial charge in [0.25, 0.3) is 0 Å². The van der Waals surface area contributed by atoms with Gasteiger partial charge in [-0.15, -0.1) is 0 Å². The number of nitrogens with two attached hydrogens (primary N) is 1. The Morgan fingerprint density at radius 3 is 2.43 bits per heavy atom. The van der Waals surface area contributed by atoms with Crippen LogP contribution in [-0.4, -0.2) is 6.04 Å². The fourth-order valence-electron chi connectivity index (χ4n) is 4.97. The molecule has 2 bridgehead atoms. The standard InChI is InChI=1S/C19H29N.ClH/c1-13-6-7-15(14(2)10-13)12-20-17-11-16-8-9-19(17,5)18(16,3)4;/h6-7,10,16-17,20H,8-9,11-12H2,1-5H3;1H. The van der Waals surface area contributed by atoms with E-state index >= 15 is 0 Å². The van der Waals surface area contributed by atoms with Gasteiger partial charge in [-0.3, -0.25) is 0 Å². The molecule has 0 aromatic heterocycles. The zero-order valence-corrected chi connectivity index (χ0v) is 14.9. The molecule has 2 fully saturated rings. The molecule has 2 saturated carbocycles. The van der Waals surface area contributed by atoms with Crippen molar-refractivity contribution < 1.29 is 17.7 Å². The molecule has 2 aliphatic carbocycles. The molecule has 3 atom stereocenters. The Bertz CT molecular complexity index is 522. The van der Waals surface area contributed by atoms with Crippen LogP contribution in [0.5, 0.6) is 0 Å². The van der Waals surface area contributed by atoms with Gasteiger partial charge in [0, 0.05) is 17.4 Å². The summed E-state index contributed by atoms with van der Waals surface area (Å²) < 4.78 is 0. The van der Waals surface area contributed by atoms with Gasteiger partial charge in [0.1, 0.15) is 6.54 Å². The molecule has 0 saturated heterocycles. The molecule has 1 aromatic carbocycles. The van der Waals surface area contributed by atoms with E-state index in [4.69, 9.17) is 0 Å². The third-order valence-corrected chi connectivity index (χ3v) is 6.98. The molecule has 0 spiro atoms. The van der Waals surface area contributed by atoms with Crippen molar-refractivity contribution in [1.29, 1.82) is 0 Å². The van der Waals surface area contributed by atoms with Gasteiger partial charge in [-0.1, -0.05) is 44.5 Å². The summed E-state index contributed by atoms with van der Waals surface area (Å²) in [6, 6.07) is 7.71. The van der Waals surface area contributed by atoms with E-state index in [0.29, 0.717) is 10.8 Å². The highest BCUT2D eigenvalue weighted by atomic mass is 35.5. The van der Waals surface area contributed by atoms with Gasteiger partial charge >= 0.3 is 0 Å². The summed E-state index contributed by atoms with van der Waals surface area (Å²) in [4.78, 5) is 0. The Kier molecular flexibility index (Phi) is 4.48. The maximum atomic E-state index is 2.64. The van der Waals surface area contributed by atoms with Crippen LogP contribution in [0.15, 0.2) is 18.2 Å². The van der Waals surface area contributed by atoms with E-state index in [2.05, 4.69) is 58.1 Å². The van der Waals surface area contributed by atoms with Crippen LogP contribution >= 0.6 is 0 Å². The number of quaternary nitrogens is 1. The molecular formula is C19H30ClN. The summed E-state index contributed by atoms with van der Waals surface area (Å²) in [5.74, 6) is 0.952. The molecule has 0 heterocycles. The minimum atomic E-state index is 0. The van der Waals surface area contributed by atoms with Crippen LogP contribution in [0.2, 0.25) is 0 Å². The fourth-order valence-corrected chi connectivity index (χ4v) is 4.97. The van der Waals surface area contributed by atoms with Crippen molar-refractivity contribution in [2.75, 3.05) is 0 Å². The Morgan fingerprint density at radius 1 is 1.19 bits per heavy atom. The van der Waals surface area contributed by atoms with Gasteiger partial charge in [-0.25, -0.2) is 0 Å². The average Bonchev–Trinajstić information content (AvgIpc) is 2.70. The first-order valence-corrected chi connectivity index (χ1v) is 8.24. The lowest BCUT2D eigenvalue weighted by atomic mass is 9.69. The van der Waals surface area contributed by atoms with Crippen LogP contribution in [0.1, 0.15) is 56.7 Å². The van der Waals surface area contributed by atoms with Crippen molar-refractivity contribution in [3.05, 3.63) is 34.9 Å². The molecule has 118 valence electrons. The van der Waals surface area contributed by atoms with E-state index in [1.54, 1.807) is 0 Å². The molecule has 2 N–H and O–H groups in total. The highest BCUT2D eigenvalue weighted by Crippen LogP contribution is 2.64. The van der Waals surface area contributed by atoms with Crippen molar-refractivity contribution in [2.45, 2.75) is 66.5 Å². The maximum absolute atomic E-state index is 2.64. The molecule has 1 aromatic rings. The first-order valence-electron chi connectivity index (χ1n) is 8.24. The average molecular weight is 308 g/mol. The van der Waals surface area contributed by atoms with Crippen LogP contribution in [-0.2, 0) is 6.54 Å². The van der Waals surface area contributed by atoms with E-state index in [0.717, 1.165) is 18.5 Å². The van der Waals surface area contributed by atoms with Gasteiger partial charge in [0.2, 0.25) is 0 Å². The lowest BCUT2D eigenvalue weighted by Gasteiger charge is -2.37. The van der Waals surface area contributed by atoms with Crippen molar-refractivity contribution >= 4 is 0 Å². The Balaban J connectivity index is 0.00000161. The smallest absolute Gasteiger partial charge is 0.102 e. The normalized spacial score (nSPS) is 33.0. The predicted molar refractivity (Wildman–Crippen MR) is 84.6 cm³/mol. The molecular weight excluding hydrogens is 278 g/mol. The third kappa shape index (κ3) is 2.53. The number of hydrogen-bond acceptors (Lipinski definition) is 0. The molecule has 2 aliphatic rings. The molecule has 1 nitrogen and oxygen atoms in total. The maximum Gasteiger partial charge on any atom is 0.102 e. The summed E-state index contributed by atoms with van der Waals surface area (Å²) >= 11 is 0. The number of halogens is 1. The largest absolute Gasteiger partial charge is 1.00 e. The number of hydrogen-bond donors (Lipinski definition) is 1. The quantitative estimate of drug-likeness (QED) is 0.842. The number of rotatable bonds is 3. The van der Waals surface area contributed by atoms with Gasteiger partial charge in [0.05, 0.1) is 6.04 Å². The lowest BCUT2D eigenvalue weighted by Crippen LogP contribution is -3.00. The van der Waals surface area contributed by atoms with Gasteiger partial charge < -0.3 is 17.7 Å². The SMILES string of the molecule is Cc1ccc(C[NH2+]C2CC3CCC2(C)C3(C)C)c(C)c1.[Cl-]. The molecule has 0 radical (unpaired) electrons. The monoisotopic (exact) mass is 307 g/mol. The van der Waals surface area contributed by atoms with Crippen LogP contribution in [0, 0.1) is 30.6 Å². The van der Waals surface area contributed by atoms with Gasteiger partial charge in [0.15, 0.2) is 0 Å². The van der Waals surface area contributed by atoms with E-state index in [-0.39, 0.29) is 12.4 Å². The topological polar surface area (TPSA) is 16.6 Å². The van der Waals surface area contributed by atoms with E-state index in [9.17, 15) is 0 Å². The summed E-state index contributed by atoms with van der Waals surface area (Å²) in [6.07, 6.45) is 4.31. The number of benzene rings is 1. The van der Waals surface area contributed by atoms with Crippen LogP contribution in [0.4, 0.5) is 0 Å². The highest BCUT2D eigenvalue weighted by molar-refractivity contribution is 5.29. The first-order chi connectivity index (χ1) is 9.34. The van der Waals surface area contributed by atoms with Crippen LogP contribution in [0.25, 0.3) is 0 Å².